The van der Waals surface area contributed by atoms with E-state index in [9.17, 15) is 13.6 Å². The molecule has 1 atom stereocenters. The fourth-order valence-electron chi connectivity index (χ4n) is 2.41. The predicted octanol–water partition coefficient (Wildman–Crippen LogP) is 2.52. The van der Waals surface area contributed by atoms with E-state index in [1.54, 1.807) is 10.3 Å². The van der Waals surface area contributed by atoms with Crippen LogP contribution in [0, 0.1) is 11.6 Å². The molecule has 0 saturated carbocycles. The number of hydrogen-bond donors (Lipinski definition) is 1. The van der Waals surface area contributed by atoms with Crippen molar-refractivity contribution in [3.63, 3.8) is 0 Å². The van der Waals surface area contributed by atoms with Crippen LogP contribution in [0.3, 0.4) is 0 Å². The predicted molar refractivity (Wildman–Crippen MR) is 88.2 cm³/mol. The van der Waals surface area contributed by atoms with Gasteiger partial charge in [-0.2, -0.15) is 0 Å². The van der Waals surface area contributed by atoms with Crippen LogP contribution in [-0.2, 0) is 11.3 Å². The number of morpholine rings is 1. The van der Waals surface area contributed by atoms with Crippen LogP contribution in [0.1, 0.15) is 27.2 Å². The number of nitrogens with zero attached hydrogens (tertiary/aromatic N) is 2. The molecule has 1 aliphatic rings. The zero-order valence-corrected chi connectivity index (χ0v) is 14.2. The van der Waals surface area contributed by atoms with Gasteiger partial charge in [0.1, 0.15) is 16.8 Å². The quantitative estimate of drug-likeness (QED) is 0.895. The van der Waals surface area contributed by atoms with Crippen molar-refractivity contribution < 1.29 is 18.3 Å². The number of thiazole rings is 1. The molecule has 1 amide bonds. The highest BCUT2D eigenvalue weighted by atomic mass is 35.5. The Hall–Kier alpha value is -1.61. The molecule has 1 aliphatic heterocycles. The third-order valence-electron chi connectivity index (χ3n) is 3.61. The number of hydrogen-bond acceptors (Lipinski definition) is 5. The van der Waals surface area contributed by atoms with Gasteiger partial charge in [0.05, 0.1) is 13.2 Å². The van der Waals surface area contributed by atoms with Crippen molar-refractivity contribution in [1.29, 1.82) is 0 Å². The van der Waals surface area contributed by atoms with Gasteiger partial charge in [0.2, 0.25) is 0 Å². The number of amides is 1. The first-order chi connectivity index (χ1) is 11.1. The maximum atomic E-state index is 13.4. The molecule has 24 heavy (non-hydrogen) atoms. The van der Waals surface area contributed by atoms with E-state index in [0.717, 1.165) is 12.1 Å². The van der Waals surface area contributed by atoms with Gasteiger partial charge in [-0.15, -0.1) is 23.7 Å². The molecular formula is C15H16ClF2N3O2S. The van der Waals surface area contributed by atoms with Crippen molar-refractivity contribution in [3.05, 3.63) is 51.5 Å². The molecule has 1 unspecified atom stereocenters. The molecule has 5 nitrogen and oxygen atoms in total. The van der Waals surface area contributed by atoms with Crippen molar-refractivity contribution in [3.8, 4) is 0 Å². The Morgan fingerprint density at radius 2 is 2.21 bits per heavy atom. The first kappa shape index (κ1) is 18.7. The Morgan fingerprint density at radius 1 is 1.42 bits per heavy atom. The van der Waals surface area contributed by atoms with E-state index < -0.39 is 17.7 Å². The fraction of sp³-hybridized carbons (Fsp3) is 0.333. The summed E-state index contributed by atoms with van der Waals surface area (Å²) in [5.41, 5.74) is 6.35. The standard InChI is InChI=1S/C15H15F2N3O2S.ClH/c16-10-2-1-9(5-11(10)17)13-7-20(3-4-22-13)15(21)12-8-23-14(6-18)19-12;/h1-2,5,8,13H,3-4,6-7,18H2;1H. The van der Waals surface area contributed by atoms with Gasteiger partial charge in [-0.25, -0.2) is 13.8 Å². The molecule has 130 valence electrons. The Labute approximate surface area is 147 Å². The van der Waals surface area contributed by atoms with E-state index in [0.29, 0.717) is 36.0 Å². The maximum Gasteiger partial charge on any atom is 0.273 e. The SMILES string of the molecule is Cl.NCc1nc(C(=O)N2CCOC(c3ccc(F)c(F)c3)C2)cs1. The average Bonchev–Trinajstić information content (AvgIpc) is 3.06. The highest BCUT2D eigenvalue weighted by Crippen LogP contribution is 2.25. The molecule has 1 fully saturated rings. The molecular weight excluding hydrogens is 360 g/mol. The zero-order valence-electron chi connectivity index (χ0n) is 12.6. The van der Waals surface area contributed by atoms with Crippen molar-refractivity contribution in [2.24, 2.45) is 5.73 Å². The lowest BCUT2D eigenvalue weighted by Crippen LogP contribution is -2.42. The largest absolute Gasteiger partial charge is 0.370 e. The molecule has 1 aromatic heterocycles. The summed E-state index contributed by atoms with van der Waals surface area (Å²) in [7, 11) is 0. The molecule has 2 heterocycles. The molecule has 0 spiro atoms. The minimum atomic E-state index is -0.929. The van der Waals surface area contributed by atoms with Crippen LogP contribution in [-0.4, -0.2) is 35.5 Å². The summed E-state index contributed by atoms with van der Waals surface area (Å²) in [5.74, 6) is -2.05. The third-order valence-corrected chi connectivity index (χ3v) is 4.49. The molecule has 0 bridgehead atoms. The average molecular weight is 376 g/mol. The lowest BCUT2D eigenvalue weighted by Gasteiger charge is -2.32. The van der Waals surface area contributed by atoms with Gasteiger partial charge >= 0.3 is 0 Å². The summed E-state index contributed by atoms with van der Waals surface area (Å²) in [6.07, 6.45) is -0.490. The van der Waals surface area contributed by atoms with E-state index in [1.807, 2.05) is 0 Å². The topological polar surface area (TPSA) is 68.5 Å². The second-order valence-electron chi connectivity index (χ2n) is 5.11. The van der Waals surface area contributed by atoms with E-state index in [4.69, 9.17) is 10.5 Å². The van der Waals surface area contributed by atoms with Crippen molar-refractivity contribution in [2.45, 2.75) is 12.6 Å². The van der Waals surface area contributed by atoms with Crippen molar-refractivity contribution in [2.75, 3.05) is 19.7 Å². The number of nitrogens with two attached hydrogens (primary N) is 1. The number of ether oxygens (including phenoxy) is 1. The van der Waals surface area contributed by atoms with Gasteiger partial charge in [-0.05, 0) is 17.7 Å². The van der Waals surface area contributed by atoms with Crippen LogP contribution in [0.25, 0.3) is 0 Å². The summed E-state index contributed by atoms with van der Waals surface area (Å²) in [6.45, 7) is 1.30. The first-order valence-electron chi connectivity index (χ1n) is 7.09. The number of carbonyl (C=O) groups is 1. The van der Waals surface area contributed by atoms with Gasteiger partial charge < -0.3 is 15.4 Å². The normalized spacial score (nSPS) is 17.5. The van der Waals surface area contributed by atoms with E-state index in [2.05, 4.69) is 4.98 Å². The Balaban J connectivity index is 0.00000208. The Morgan fingerprint density at radius 3 is 2.88 bits per heavy atom. The summed E-state index contributed by atoms with van der Waals surface area (Å²) < 4.78 is 32.0. The van der Waals surface area contributed by atoms with Crippen LogP contribution in [0.4, 0.5) is 8.78 Å². The molecule has 0 radical (unpaired) electrons. The third kappa shape index (κ3) is 3.89. The first-order valence-corrected chi connectivity index (χ1v) is 7.96. The Kier molecular flexibility index (Phi) is 6.22. The van der Waals surface area contributed by atoms with Crippen LogP contribution in [0.2, 0.25) is 0 Å². The van der Waals surface area contributed by atoms with Crippen LogP contribution >= 0.6 is 23.7 Å². The second kappa shape index (κ2) is 7.98. The minimum absolute atomic E-state index is 0. The van der Waals surface area contributed by atoms with E-state index in [1.165, 1.54) is 17.4 Å². The van der Waals surface area contributed by atoms with Crippen LogP contribution in [0.5, 0.6) is 0 Å². The minimum Gasteiger partial charge on any atom is -0.370 e. The number of benzene rings is 1. The van der Waals surface area contributed by atoms with Crippen molar-refractivity contribution in [1.82, 2.24) is 9.88 Å². The van der Waals surface area contributed by atoms with Gasteiger partial charge in [0, 0.05) is 18.5 Å². The lowest BCUT2D eigenvalue weighted by molar-refractivity contribution is -0.0231. The molecule has 0 aliphatic carbocycles. The number of carbonyl (C=O) groups excluding carboxylic acids is 1. The molecule has 1 aromatic carbocycles. The van der Waals surface area contributed by atoms with E-state index >= 15 is 0 Å². The second-order valence-corrected chi connectivity index (χ2v) is 6.06. The molecule has 3 rings (SSSR count). The number of halogens is 3. The molecule has 2 aromatic rings. The smallest absolute Gasteiger partial charge is 0.273 e. The van der Waals surface area contributed by atoms with Crippen LogP contribution in [0.15, 0.2) is 23.6 Å². The lowest BCUT2D eigenvalue weighted by atomic mass is 10.1. The highest BCUT2D eigenvalue weighted by Gasteiger charge is 2.27. The van der Waals surface area contributed by atoms with Gasteiger partial charge in [0.15, 0.2) is 11.6 Å². The fourth-order valence-corrected chi connectivity index (χ4v) is 3.06. The highest BCUT2D eigenvalue weighted by molar-refractivity contribution is 7.09. The molecule has 2 N–H and O–H groups in total. The molecule has 9 heteroatoms. The Bertz CT molecular complexity index is 728. The summed E-state index contributed by atoms with van der Waals surface area (Å²) in [6, 6.07) is 3.62. The van der Waals surface area contributed by atoms with Gasteiger partial charge in [-0.1, -0.05) is 6.07 Å². The summed E-state index contributed by atoms with van der Waals surface area (Å²) >= 11 is 1.34. The monoisotopic (exact) mass is 375 g/mol. The van der Waals surface area contributed by atoms with Gasteiger partial charge in [0.25, 0.3) is 5.91 Å². The summed E-state index contributed by atoms with van der Waals surface area (Å²) in [4.78, 5) is 18.2. The number of rotatable bonds is 3. The number of aromatic nitrogens is 1. The van der Waals surface area contributed by atoms with E-state index in [-0.39, 0.29) is 24.9 Å². The molecule has 1 saturated heterocycles. The van der Waals surface area contributed by atoms with Crippen molar-refractivity contribution >= 4 is 29.7 Å². The maximum absolute atomic E-state index is 13.4. The zero-order chi connectivity index (χ0) is 16.4. The van der Waals surface area contributed by atoms with Crippen LogP contribution < -0.4 is 5.73 Å². The van der Waals surface area contributed by atoms with Gasteiger partial charge in [-0.3, -0.25) is 4.79 Å². The summed E-state index contributed by atoms with van der Waals surface area (Å²) in [5, 5.41) is 2.37.